The second-order valence-electron chi connectivity index (χ2n) is 4.83. The fourth-order valence-electron chi connectivity index (χ4n) is 2.24. The zero-order chi connectivity index (χ0) is 12.6. The lowest BCUT2D eigenvalue weighted by Gasteiger charge is -2.15. The Hall–Kier alpha value is -2.10. The predicted molar refractivity (Wildman–Crippen MR) is 69.3 cm³/mol. The number of nitrogens with one attached hydrogen (secondary N) is 2. The number of nitrogens with zero attached hydrogens (tertiary/aromatic N) is 1. The number of aryl methyl sites for hydroxylation is 1. The van der Waals surface area contributed by atoms with Gasteiger partial charge in [0, 0.05) is 5.56 Å². The summed E-state index contributed by atoms with van der Waals surface area (Å²) in [5.41, 5.74) is 1.71. The third-order valence-electron chi connectivity index (χ3n) is 3.58. The smallest absolute Gasteiger partial charge is 0.236 e. The largest absolute Gasteiger partial charge is 0.310 e. The molecule has 1 heterocycles. The number of aromatic amines is 1. The number of amides is 1. The van der Waals surface area contributed by atoms with Crippen LogP contribution in [0, 0.1) is 6.92 Å². The standard InChI is InChI=1S/C14H15N3O/c1-10-9-15-17-12(10)16-13(18)14(7-8-14)11-5-3-2-4-6-11/h2-6,9H,7-8H2,1H3,(H2,15,16,17,18). The van der Waals surface area contributed by atoms with E-state index in [4.69, 9.17) is 0 Å². The summed E-state index contributed by atoms with van der Waals surface area (Å²) in [5.74, 6) is 0.753. The van der Waals surface area contributed by atoms with Crippen LogP contribution >= 0.6 is 0 Å². The molecule has 4 nitrogen and oxygen atoms in total. The average molecular weight is 241 g/mol. The highest BCUT2D eigenvalue weighted by molar-refractivity contribution is 6.01. The fourth-order valence-corrected chi connectivity index (χ4v) is 2.24. The summed E-state index contributed by atoms with van der Waals surface area (Å²) in [6.07, 6.45) is 3.53. The lowest BCUT2D eigenvalue weighted by Crippen LogP contribution is -2.28. The number of hydrogen-bond acceptors (Lipinski definition) is 2. The molecule has 0 bridgehead atoms. The van der Waals surface area contributed by atoms with E-state index in [1.807, 2.05) is 37.3 Å². The molecule has 0 spiro atoms. The molecule has 4 heteroatoms. The Labute approximate surface area is 105 Å². The number of carbonyl (C=O) groups excluding carboxylic acids is 1. The molecule has 0 radical (unpaired) electrons. The molecule has 1 saturated carbocycles. The molecule has 2 N–H and O–H groups in total. The highest BCUT2D eigenvalue weighted by atomic mass is 16.2. The number of hydrogen-bond donors (Lipinski definition) is 2. The van der Waals surface area contributed by atoms with Crippen molar-refractivity contribution in [3.05, 3.63) is 47.7 Å². The molecule has 1 aromatic carbocycles. The van der Waals surface area contributed by atoms with Gasteiger partial charge in [0.1, 0.15) is 5.82 Å². The van der Waals surface area contributed by atoms with Crippen molar-refractivity contribution in [2.45, 2.75) is 25.2 Å². The third-order valence-corrected chi connectivity index (χ3v) is 3.58. The summed E-state index contributed by atoms with van der Waals surface area (Å²) in [4.78, 5) is 12.4. The Morgan fingerprint density at radius 1 is 1.33 bits per heavy atom. The van der Waals surface area contributed by atoms with Crippen molar-refractivity contribution in [2.75, 3.05) is 5.32 Å². The highest BCUT2D eigenvalue weighted by Gasteiger charge is 2.51. The summed E-state index contributed by atoms with van der Waals surface area (Å²) >= 11 is 0. The minimum absolute atomic E-state index is 0.0565. The molecule has 2 aromatic rings. The first kappa shape index (κ1) is 11.0. The predicted octanol–water partition coefficient (Wildman–Crippen LogP) is 2.39. The molecule has 1 aliphatic carbocycles. The molecule has 1 aliphatic rings. The number of aromatic nitrogens is 2. The van der Waals surface area contributed by atoms with Crippen LogP contribution in [0.2, 0.25) is 0 Å². The minimum atomic E-state index is -0.335. The van der Waals surface area contributed by atoms with Crippen molar-refractivity contribution >= 4 is 11.7 Å². The zero-order valence-electron chi connectivity index (χ0n) is 10.2. The van der Waals surface area contributed by atoms with Gasteiger partial charge in [0.25, 0.3) is 0 Å². The van der Waals surface area contributed by atoms with E-state index in [0.29, 0.717) is 5.82 Å². The summed E-state index contributed by atoms with van der Waals surface area (Å²) in [6, 6.07) is 9.96. The van der Waals surface area contributed by atoms with Crippen LogP contribution in [-0.2, 0) is 10.2 Å². The van der Waals surface area contributed by atoms with E-state index in [9.17, 15) is 4.79 Å². The molecule has 1 aromatic heterocycles. The van der Waals surface area contributed by atoms with Gasteiger partial charge in [-0.15, -0.1) is 0 Å². The van der Waals surface area contributed by atoms with Gasteiger partial charge in [0.05, 0.1) is 11.6 Å². The van der Waals surface area contributed by atoms with Gasteiger partial charge in [0.15, 0.2) is 0 Å². The Morgan fingerprint density at radius 2 is 2.06 bits per heavy atom. The Kier molecular flexibility index (Phi) is 2.44. The van der Waals surface area contributed by atoms with Gasteiger partial charge in [-0.2, -0.15) is 5.10 Å². The lowest BCUT2D eigenvalue weighted by atomic mass is 9.95. The van der Waals surface area contributed by atoms with Gasteiger partial charge < -0.3 is 5.32 Å². The van der Waals surface area contributed by atoms with Gasteiger partial charge in [0.2, 0.25) is 5.91 Å². The SMILES string of the molecule is Cc1cn[nH]c1NC(=O)C1(c2ccccc2)CC1. The molecule has 0 atom stereocenters. The first-order chi connectivity index (χ1) is 8.72. The number of anilines is 1. The Bertz CT molecular complexity index is 570. The number of carbonyl (C=O) groups is 1. The Morgan fingerprint density at radius 3 is 2.61 bits per heavy atom. The molecule has 0 unspecified atom stereocenters. The van der Waals surface area contributed by atoms with Crippen LogP contribution in [0.1, 0.15) is 24.0 Å². The van der Waals surface area contributed by atoms with E-state index in [2.05, 4.69) is 15.5 Å². The molecular formula is C14H15N3O. The molecule has 1 amide bonds. The monoisotopic (exact) mass is 241 g/mol. The van der Waals surface area contributed by atoms with Crippen molar-refractivity contribution in [2.24, 2.45) is 0 Å². The van der Waals surface area contributed by atoms with Crippen molar-refractivity contribution in [3.8, 4) is 0 Å². The van der Waals surface area contributed by atoms with Crippen molar-refractivity contribution in [3.63, 3.8) is 0 Å². The molecule has 1 fully saturated rings. The highest BCUT2D eigenvalue weighted by Crippen LogP contribution is 2.48. The first-order valence-corrected chi connectivity index (χ1v) is 6.09. The minimum Gasteiger partial charge on any atom is -0.310 e. The number of rotatable bonds is 3. The number of H-pyrrole nitrogens is 1. The maximum Gasteiger partial charge on any atom is 0.236 e. The lowest BCUT2D eigenvalue weighted by molar-refractivity contribution is -0.118. The summed E-state index contributed by atoms with van der Waals surface area (Å²) < 4.78 is 0. The fraction of sp³-hybridized carbons (Fsp3) is 0.286. The first-order valence-electron chi connectivity index (χ1n) is 6.09. The maximum atomic E-state index is 12.4. The van der Waals surface area contributed by atoms with Crippen LogP contribution in [-0.4, -0.2) is 16.1 Å². The van der Waals surface area contributed by atoms with Gasteiger partial charge in [-0.1, -0.05) is 30.3 Å². The second-order valence-corrected chi connectivity index (χ2v) is 4.83. The van der Waals surface area contributed by atoms with Crippen LogP contribution in [0.4, 0.5) is 5.82 Å². The van der Waals surface area contributed by atoms with Gasteiger partial charge >= 0.3 is 0 Å². The maximum absolute atomic E-state index is 12.4. The van der Waals surface area contributed by atoms with Crippen LogP contribution in [0.5, 0.6) is 0 Å². The van der Waals surface area contributed by atoms with E-state index >= 15 is 0 Å². The molecule has 18 heavy (non-hydrogen) atoms. The molecule has 0 saturated heterocycles. The average Bonchev–Trinajstić information content (AvgIpc) is 3.12. The number of benzene rings is 1. The van der Waals surface area contributed by atoms with Crippen molar-refractivity contribution in [1.29, 1.82) is 0 Å². The summed E-state index contributed by atoms with van der Waals surface area (Å²) in [5, 5.41) is 9.65. The quantitative estimate of drug-likeness (QED) is 0.866. The normalized spacial score (nSPS) is 16.3. The van der Waals surface area contributed by atoms with Crippen LogP contribution in [0.3, 0.4) is 0 Å². The molecular weight excluding hydrogens is 226 g/mol. The van der Waals surface area contributed by atoms with Gasteiger partial charge in [-0.05, 0) is 25.3 Å². The van der Waals surface area contributed by atoms with Crippen LogP contribution < -0.4 is 5.32 Å². The zero-order valence-corrected chi connectivity index (χ0v) is 10.2. The van der Waals surface area contributed by atoms with Gasteiger partial charge in [-0.25, -0.2) is 0 Å². The summed E-state index contributed by atoms with van der Waals surface area (Å²) in [6.45, 7) is 1.92. The Balaban J connectivity index is 1.83. The van der Waals surface area contributed by atoms with E-state index in [0.717, 1.165) is 24.0 Å². The van der Waals surface area contributed by atoms with E-state index in [1.165, 1.54) is 0 Å². The second kappa shape index (κ2) is 3.98. The molecule has 92 valence electrons. The third kappa shape index (κ3) is 1.70. The van der Waals surface area contributed by atoms with Crippen molar-refractivity contribution < 1.29 is 4.79 Å². The van der Waals surface area contributed by atoms with E-state index in [1.54, 1.807) is 6.20 Å². The van der Waals surface area contributed by atoms with E-state index in [-0.39, 0.29) is 11.3 Å². The topological polar surface area (TPSA) is 57.8 Å². The van der Waals surface area contributed by atoms with Crippen LogP contribution in [0.25, 0.3) is 0 Å². The molecule has 0 aliphatic heterocycles. The van der Waals surface area contributed by atoms with E-state index < -0.39 is 0 Å². The van der Waals surface area contributed by atoms with Gasteiger partial charge in [-0.3, -0.25) is 9.89 Å². The summed E-state index contributed by atoms with van der Waals surface area (Å²) in [7, 11) is 0. The van der Waals surface area contributed by atoms with Crippen LogP contribution in [0.15, 0.2) is 36.5 Å². The molecule has 3 rings (SSSR count). The van der Waals surface area contributed by atoms with Crippen molar-refractivity contribution in [1.82, 2.24) is 10.2 Å².